The number of hydrogen-bond donors (Lipinski definition) is 2. The van der Waals surface area contributed by atoms with E-state index in [4.69, 9.17) is 10.0 Å². The molecule has 0 spiro atoms. The number of hydrogen-bond acceptors (Lipinski definition) is 5. The van der Waals surface area contributed by atoms with Crippen molar-refractivity contribution < 1.29 is 14.7 Å². The molecule has 0 aliphatic rings. The van der Waals surface area contributed by atoms with Crippen LogP contribution in [0.1, 0.15) is 5.69 Å². The average Bonchev–Trinajstić information content (AvgIpc) is 2.08. The molecule has 1 rings (SSSR count). The van der Waals surface area contributed by atoms with E-state index in [9.17, 15) is 0 Å². The summed E-state index contributed by atoms with van der Waals surface area (Å²) in [4.78, 5) is 4.16. The van der Waals surface area contributed by atoms with E-state index in [1.54, 1.807) is 19.1 Å². The Labute approximate surface area is 81.1 Å². The van der Waals surface area contributed by atoms with E-state index < -0.39 is 7.32 Å². The Balaban J connectivity index is 2.85. The van der Waals surface area contributed by atoms with Gasteiger partial charge in [-0.05, 0) is 25.3 Å². The first-order valence-electron chi connectivity index (χ1n) is 3.68. The van der Waals surface area contributed by atoms with Gasteiger partial charge in [-0.25, -0.2) is 4.98 Å². The molecule has 0 aromatic carbocycles. The minimum Gasteiger partial charge on any atom is -0.510 e. The number of pyridine rings is 1. The molecule has 0 atom stereocenters. The second-order valence-corrected chi connectivity index (χ2v) is 3.21. The van der Waals surface area contributed by atoms with E-state index in [0.29, 0.717) is 11.4 Å². The molecule has 1 heterocycles. The van der Waals surface area contributed by atoms with Crippen LogP contribution in [0, 0.1) is 6.92 Å². The van der Waals surface area contributed by atoms with Crippen molar-refractivity contribution in [3.8, 4) is 5.75 Å². The summed E-state index contributed by atoms with van der Waals surface area (Å²) in [5.41, 5.74) is 0.639. The molecule has 0 unspecified atom stereocenters. The summed E-state index contributed by atoms with van der Waals surface area (Å²) in [7, 11) is -1.79. The minimum absolute atomic E-state index is 0.382. The summed E-state index contributed by atoms with van der Waals surface area (Å²) in [5, 5.41) is 18.0. The van der Waals surface area contributed by atoms with Crippen LogP contribution in [0.4, 0.5) is 0 Å². The smallest absolute Gasteiger partial charge is 0.510 e. The summed E-state index contributed by atoms with van der Waals surface area (Å²) < 4.78 is 4.68. The molecule has 0 aliphatic carbocycles. The monoisotopic (exact) mass is 199 g/mol. The molecule has 2 N–H and O–H groups in total. The van der Waals surface area contributed by atoms with Gasteiger partial charge in [0, 0.05) is 0 Å². The highest BCUT2D eigenvalue weighted by Gasteiger charge is 2.13. The van der Waals surface area contributed by atoms with Gasteiger partial charge in [0.2, 0.25) is 0 Å². The van der Waals surface area contributed by atoms with E-state index in [2.05, 4.69) is 9.64 Å². The molecule has 0 saturated carbocycles. The molecule has 4 nitrogen and oxygen atoms in total. The maximum absolute atomic E-state index is 8.56. The molecular formula is C7H10BNO3S. The fourth-order valence-electron chi connectivity index (χ4n) is 0.877. The molecule has 0 radical (unpaired) electrons. The zero-order valence-electron chi connectivity index (χ0n) is 7.39. The Morgan fingerprint density at radius 3 is 2.62 bits per heavy atom. The lowest BCUT2D eigenvalue weighted by Crippen LogP contribution is -2.21. The molecule has 0 bridgehead atoms. The van der Waals surface area contributed by atoms with Crippen LogP contribution in [0.25, 0.3) is 0 Å². The summed E-state index contributed by atoms with van der Waals surface area (Å²) in [6, 6.07) is 3.42. The van der Waals surface area contributed by atoms with Crippen LogP contribution in [-0.2, 0) is 0 Å². The van der Waals surface area contributed by atoms with Crippen LogP contribution >= 0.6 is 11.8 Å². The van der Waals surface area contributed by atoms with Gasteiger partial charge in [0.25, 0.3) is 0 Å². The van der Waals surface area contributed by atoms with Crippen molar-refractivity contribution in [3.05, 3.63) is 17.8 Å². The predicted molar refractivity (Wildman–Crippen MR) is 51.6 cm³/mol. The van der Waals surface area contributed by atoms with Crippen LogP contribution in [0.2, 0.25) is 0 Å². The molecule has 1 aromatic heterocycles. The highest BCUT2D eigenvalue weighted by Crippen LogP contribution is 2.20. The molecular weight excluding hydrogens is 189 g/mol. The maximum atomic E-state index is 8.56. The first-order chi connectivity index (χ1) is 6.13. The topological polar surface area (TPSA) is 62.6 Å². The second kappa shape index (κ2) is 4.50. The highest BCUT2D eigenvalue weighted by atomic mass is 32.2. The Morgan fingerprint density at radius 2 is 2.15 bits per heavy atom. The van der Waals surface area contributed by atoms with Crippen molar-refractivity contribution in [1.82, 2.24) is 4.98 Å². The normalized spacial score (nSPS) is 9.85. The van der Waals surface area contributed by atoms with E-state index >= 15 is 0 Å². The summed E-state index contributed by atoms with van der Waals surface area (Å²) in [6.07, 6.45) is 1.92. The van der Waals surface area contributed by atoms with E-state index in [1.807, 2.05) is 6.26 Å². The van der Waals surface area contributed by atoms with Crippen LogP contribution in [0.15, 0.2) is 17.2 Å². The maximum Gasteiger partial charge on any atom is 0.707 e. The van der Waals surface area contributed by atoms with Gasteiger partial charge in [0.1, 0.15) is 5.75 Å². The third-order valence-electron chi connectivity index (χ3n) is 1.45. The van der Waals surface area contributed by atoms with Gasteiger partial charge < -0.3 is 14.7 Å². The van der Waals surface area contributed by atoms with Gasteiger partial charge in [-0.15, -0.1) is 11.8 Å². The Morgan fingerprint density at radius 1 is 1.46 bits per heavy atom. The van der Waals surface area contributed by atoms with Crippen LogP contribution in [0.5, 0.6) is 5.75 Å². The van der Waals surface area contributed by atoms with Crippen LogP contribution < -0.4 is 4.65 Å². The first kappa shape index (κ1) is 10.4. The molecule has 1 aromatic rings. The van der Waals surface area contributed by atoms with Crippen molar-refractivity contribution >= 4 is 19.1 Å². The fraction of sp³-hybridized carbons (Fsp3) is 0.286. The van der Waals surface area contributed by atoms with Gasteiger partial charge in [0.05, 0.1) is 10.7 Å². The van der Waals surface area contributed by atoms with E-state index in [0.717, 1.165) is 5.03 Å². The standard InChI is InChI=1S/C7H10BNO3S/c1-5-6(12-8(10)11)3-4-7(9-5)13-2/h3-4,10-11H,1-2H3. The van der Waals surface area contributed by atoms with Crippen molar-refractivity contribution in [2.24, 2.45) is 0 Å². The van der Waals surface area contributed by atoms with Gasteiger partial charge in [0.15, 0.2) is 0 Å². The predicted octanol–water partition coefficient (Wildman–Crippen LogP) is 0.460. The van der Waals surface area contributed by atoms with Crippen molar-refractivity contribution in [2.75, 3.05) is 6.26 Å². The molecule has 6 heteroatoms. The van der Waals surface area contributed by atoms with Crippen molar-refractivity contribution in [1.29, 1.82) is 0 Å². The number of aryl methyl sites for hydroxylation is 1. The Kier molecular flexibility index (Phi) is 3.59. The lowest BCUT2D eigenvalue weighted by molar-refractivity contribution is 0.286. The third-order valence-corrected chi connectivity index (χ3v) is 2.10. The van der Waals surface area contributed by atoms with Gasteiger partial charge in [-0.3, -0.25) is 0 Å². The lowest BCUT2D eigenvalue weighted by Gasteiger charge is -2.07. The van der Waals surface area contributed by atoms with Gasteiger partial charge in [-0.1, -0.05) is 0 Å². The SMILES string of the molecule is CSc1ccc(OB(O)O)c(C)n1. The summed E-state index contributed by atoms with van der Waals surface area (Å²) >= 11 is 1.52. The number of rotatable bonds is 3. The molecule has 0 aliphatic heterocycles. The second-order valence-electron chi connectivity index (χ2n) is 2.38. The summed E-state index contributed by atoms with van der Waals surface area (Å²) in [6.45, 7) is 1.75. The van der Waals surface area contributed by atoms with Crippen LogP contribution in [-0.4, -0.2) is 28.6 Å². The highest BCUT2D eigenvalue weighted by molar-refractivity contribution is 7.98. The molecule has 13 heavy (non-hydrogen) atoms. The first-order valence-corrected chi connectivity index (χ1v) is 4.90. The molecule has 70 valence electrons. The number of aromatic nitrogens is 1. The van der Waals surface area contributed by atoms with Crippen molar-refractivity contribution in [2.45, 2.75) is 11.9 Å². The van der Waals surface area contributed by atoms with Gasteiger partial charge in [-0.2, -0.15) is 0 Å². The number of thioether (sulfide) groups is 1. The van der Waals surface area contributed by atoms with Crippen molar-refractivity contribution in [3.63, 3.8) is 0 Å². The molecule has 0 fully saturated rings. The molecule has 0 amide bonds. The summed E-state index contributed by atoms with van der Waals surface area (Å²) in [5.74, 6) is 0.382. The Bertz CT molecular complexity index is 295. The van der Waals surface area contributed by atoms with E-state index in [1.165, 1.54) is 11.8 Å². The average molecular weight is 199 g/mol. The molecule has 0 saturated heterocycles. The fourth-order valence-corrected chi connectivity index (χ4v) is 1.31. The zero-order valence-corrected chi connectivity index (χ0v) is 8.21. The third kappa shape index (κ3) is 2.91. The van der Waals surface area contributed by atoms with E-state index in [-0.39, 0.29) is 0 Å². The Hall–Kier alpha value is -0.715. The van der Waals surface area contributed by atoms with Crippen LogP contribution in [0.3, 0.4) is 0 Å². The minimum atomic E-state index is -1.79. The zero-order chi connectivity index (χ0) is 9.84. The quantitative estimate of drug-likeness (QED) is 0.546. The largest absolute Gasteiger partial charge is 0.707 e. The van der Waals surface area contributed by atoms with Gasteiger partial charge >= 0.3 is 7.32 Å². The lowest BCUT2D eigenvalue weighted by atomic mass is 10.2. The number of nitrogens with zero attached hydrogens (tertiary/aromatic N) is 1.